The molecule has 0 fully saturated rings. The number of benzene rings is 3. The molecule has 0 radical (unpaired) electrons. The molecule has 0 saturated heterocycles. The Morgan fingerprint density at radius 1 is 1.12 bits per heavy atom. The molecule has 5 N–H and O–H groups in total. The number of aromatic amines is 1. The molecule has 0 aliphatic rings. The number of aromatic nitrogens is 2. The summed E-state index contributed by atoms with van der Waals surface area (Å²) in [5.41, 5.74) is 8.33. The molecule has 1 heterocycles. The van der Waals surface area contributed by atoms with Crippen molar-refractivity contribution in [1.82, 2.24) is 10.2 Å². The first-order valence-electron chi connectivity index (χ1n) is 9.80. The topological polar surface area (TPSA) is 140 Å². The van der Waals surface area contributed by atoms with Crippen molar-refractivity contribution in [3.8, 4) is 22.6 Å². The van der Waals surface area contributed by atoms with Gasteiger partial charge in [0, 0.05) is 11.8 Å². The number of nitrogens with zero attached hydrogens (tertiary/aromatic N) is 1. The maximum Gasteiger partial charge on any atom is 0.264 e. The van der Waals surface area contributed by atoms with Crippen molar-refractivity contribution in [1.29, 1.82) is 0 Å². The summed E-state index contributed by atoms with van der Waals surface area (Å²) < 4.78 is 52.4. The van der Waals surface area contributed by atoms with Crippen LogP contribution in [0.25, 0.3) is 22.0 Å². The number of H-pyrrole nitrogens is 1. The molecular formula is C22H21FN4O5S. The minimum absolute atomic E-state index is 0.0880. The number of nitrogens with two attached hydrogens (primary N) is 1. The Bertz CT molecular complexity index is 1400. The summed E-state index contributed by atoms with van der Waals surface area (Å²) in [7, 11) is -2.81. The van der Waals surface area contributed by atoms with E-state index >= 15 is 0 Å². The van der Waals surface area contributed by atoms with Crippen LogP contribution in [0, 0.1) is 5.82 Å². The monoisotopic (exact) mass is 472 g/mol. The largest absolute Gasteiger partial charge is 0.497 e. The molecule has 172 valence electrons. The van der Waals surface area contributed by atoms with E-state index in [4.69, 9.17) is 20.3 Å². The summed E-state index contributed by atoms with van der Waals surface area (Å²) >= 11 is 0. The van der Waals surface area contributed by atoms with Crippen molar-refractivity contribution in [2.24, 2.45) is 0 Å². The van der Waals surface area contributed by atoms with E-state index in [-0.39, 0.29) is 30.5 Å². The summed E-state index contributed by atoms with van der Waals surface area (Å²) in [6, 6.07) is 13.6. The first kappa shape index (κ1) is 22.4. The molecule has 0 aliphatic heterocycles. The maximum atomic E-state index is 14.1. The fourth-order valence-electron chi connectivity index (χ4n) is 3.34. The number of fused-ring (bicyclic) bond motifs is 1. The summed E-state index contributed by atoms with van der Waals surface area (Å²) in [6.45, 7) is -0.0725. The van der Waals surface area contributed by atoms with E-state index < -0.39 is 20.7 Å². The summed E-state index contributed by atoms with van der Waals surface area (Å²) in [6.07, 6.45) is 0. The normalized spacial score (nSPS) is 11.5. The molecule has 0 amide bonds. The van der Waals surface area contributed by atoms with Gasteiger partial charge in [-0.05, 0) is 47.5 Å². The Morgan fingerprint density at radius 2 is 1.88 bits per heavy atom. The number of nitrogen functional groups attached to an aromatic ring is 1. The van der Waals surface area contributed by atoms with E-state index in [0.29, 0.717) is 16.7 Å². The van der Waals surface area contributed by atoms with Crippen molar-refractivity contribution in [2.45, 2.75) is 4.90 Å². The molecule has 9 nitrogen and oxygen atoms in total. The third-order valence-electron chi connectivity index (χ3n) is 4.90. The number of hydrogen-bond donors (Lipinski definition) is 4. The van der Waals surface area contributed by atoms with Gasteiger partial charge in [-0.15, -0.1) is 0 Å². The van der Waals surface area contributed by atoms with Crippen molar-refractivity contribution >= 4 is 32.4 Å². The van der Waals surface area contributed by atoms with E-state index in [1.807, 2.05) is 6.07 Å². The Morgan fingerprint density at radius 3 is 2.58 bits per heavy atom. The number of nitrogens with one attached hydrogen (secondary N) is 2. The maximum absolute atomic E-state index is 14.1. The fraction of sp³-hybridized carbons (Fsp3) is 0.136. The summed E-state index contributed by atoms with van der Waals surface area (Å²) in [5.74, 6) is 0.0729. The van der Waals surface area contributed by atoms with E-state index in [0.717, 1.165) is 23.3 Å². The van der Waals surface area contributed by atoms with E-state index in [9.17, 15) is 12.8 Å². The number of rotatable bonds is 8. The highest BCUT2D eigenvalue weighted by Crippen LogP contribution is 2.35. The average molecular weight is 472 g/mol. The second-order valence-corrected chi connectivity index (χ2v) is 8.71. The third kappa shape index (κ3) is 4.54. The number of hydrogen-bond acceptors (Lipinski definition) is 7. The lowest BCUT2D eigenvalue weighted by molar-refractivity contribution is 0.203. The van der Waals surface area contributed by atoms with Gasteiger partial charge in [0.2, 0.25) is 0 Å². The predicted molar refractivity (Wildman–Crippen MR) is 122 cm³/mol. The number of methoxy groups -OCH3 is 1. The van der Waals surface area contributed by atoms with Gasteiger partial charge in [0.1, 0.15) is 28.8 Å². The Kier molecular flexibility index (Phi) is 6.07. The smallest absolute Gasteiger partial charge is 0.264 e. The van der Waals surface area contributed by atoms with Crippen LogP contribution in [0.4, 0.5) is 15.9 Å². The molecule has 0 aliphatic carbocycles. The van der Waals surface area contributed by atoms with Gasteiger partial charge >= 0.3 is 0 Å². The molecule has 0 saturated carbocycles. The van der Waals surface area contributed by atoms with Crippen molar-refractivity contribution in [3.63, 3.8) is 0 Å². The lowest BCUT2D eigenvalue weighted by Crippen LogP contribution is -2.14. The average Bonchev–Trinajstić information content (AvgIpc) is 3.18. The molecular weight excluding hydrogens is 451 g/mol. The molecule has 0 unspecified atom stereocenters. The van der Waals surface area contributed by atoms with Gasteiger partial charge in [-0.3, -0.25) is 9.82 Å². The first-order valence-corrected chi connectivity index (χ1v) is 11.3. The summed E-state index contributed by atoms with van der Waals surface area (Å²) in [5, 5.41) is 16.5. The van der Waals surface area contributed by atoms with Crippen LogP contribution in [0.2, 0.25) is 0 Å². The molecule has 0 atom stereocenters. The Balaban J connectivity index is 1.63. The van der Waals surface area contributed by atoms with Gasteiger partial charge in [0.25, 0.3) is 10.0 Å². The Hall–Kier alpha value is -3.83. The van der Waals surface area contributed by atoms with Crippen LogP contribution in [0.15, 0.2) is 59.5 Å². The molecule has 1 aromatic heterocycles. The van der Waals surface area contributed by atoms with Crippen LogP contribution in [0.3, 0.4) is 0 Å². The molecule has 33 heavy (non-hydrogen) atoms. The first-order chi connectivity index (χ1) is 15.8. The zero-order valence-electron chi connectivity index (χ0n) is 17.5. The van der Waals surface area contributed by atoms with Crippen LogP contribution in [-0.2, 0) is 10.0 Å². The van der Waals surface area contributed by atoms with Gasteiger partial charge in [-0.1, -0.05) is 12.1 Å². The van der Waals surface area contributed by atoms with Crippen LogP contribution in [-0.4, -0.2) is 44.0 Å². The van der Waals surface area contributed by atoms with Gasteiger partial charge in [0.15, 0.2) is 5.82 Å². The van der Waals surface area contributed by atoms with Gasteiger partial charge in [0.05, 0.1) is 24.6 Å². The highest BCUT2D eigenvalue weighted by atomic mass is 32.2. The van der Waals surface area contributed by atoms with Gasteiger partial charge < -0.3 is 20.3 Å². The van der Waals surface area contributed by atoms with Crippen LogP contribution in [0.5, 0.6) is 11.5 Å². The van der Waals surface area contributed by atoms with Crippen LogP contribution < -0.4 is 19.9 Å². The Labute approximate surface area is 189 Å². The second kappa shape index (κ2) is 8.96. The van der Waals surface area contributed by atoms with E-state index in [2.05, 4.69) is 14.9 Å². The minimum Gasteiger partial charge on any atom is -0.497 e. The highest BCUT2D eigenvalue weighted by Gasteiger charge is 2.20. The fourth-order valence-corrected chi connectivity index (χ4v) is 4.49. The molecule has 0 bridgehead atoms. The number of aliphatic hydroxyl groups is 1. The second-order valence-electron chi connectivity index (χ2n) is 7.06. The van der Waals surface area contributed by atoms with E-state index in [1.54, 1.807) is 30.3 Å². The molecule has 0 spiro atoms. The van der Waals surface area contributed by atoms with E-state index in [1.165, 1.54) is 13.2 Å². The lowest BCUT2D eigenvalue weighted by Gasteiger charge is -2.12. The standard InChI is InChI=1S/C22H21FN4O5S/c1-31-16-6-7-17(23)20(12-16)33(29,30)27-15-4-2-13(3-5-15)14-10-18-21(22(24)26-25-18)19(11-14)32-9-8-28/h2-7,10-12,27-28H,8-9H2,1H3,(H3,24,25,26). The number of sulfonamides is 1. The van der Waals surface area contributed by atoms with Crippen molar-refractivity contribution in [3.05, 3.63) is 60.4 Å². The highest BCUT2D eigenvalue weighted by molar-refractivity contribution is 7.92. The van der Waals surface area contributed by atoms with Crippen molar-refractivity contribution < 1.29 is 27.4 Å². The predicted octanol–water partition coefficient (Wildman–Crippen LogP) is 3.13. The van der Waals surface area contributed by atoms with Gasteiger partial charge in [-0.25, -0.2) is 12.8 Å². The lowest BCUT2D eigenvalue weighted by atomic mass is 10.0. The van der Waals surface area contributed by atoms with Crippen LogP contribution in [0.1, 0.15) is 0 Å². The molecule has 4 aromatic rings. The number of anilines is 2. The zero-order valence-corrected chi connectivity index (χ0v) is 18.3. The minimum atomic E-state index is -4.17. The zero-order chi connectivity index (χ0) is 23.6. The quantitative estimate of drug-likeness (QED) is 0.309. The number of halogens is 1. The molecule has 4 rings (SSSR count). The van der Waals surface area contributed by atoms with Crippen LogP contribution >= 0.6 is 0 Å². The summed E-state index contributed by atoms with van der Waals surface area (Å²) in [4.78, 5) is -0.515. The number of ether oxygens (including phenoxy) is 2. The van der Waals surface area contributed by atoms with Gasteiger partial charge in [-0.2, -0.15) is 5.10 Å². The number of aliphatic hydroxyl groups excluding tert-OH is 1. The van der Waals surface area contributed by atoms with Crippen molar-refractivity contribution in [2.75, 3.05) is 30.8 Å². The third-order valence-corrected chi connectivity index (χ3v) is 6.30. The molecule has 3 aromatic carbocycles. The SMILES string of the molecule is COc1ccc(F)c(S(=O)(=O)Nc2ccc(-c3cc(OCCO)c4c(N)n[nH]c4c3)cc2)c1. The molecule has 11 heteroatoms.